The third-order valence-corrected chi connectivity index (χ3v) is 6.04. The van der Waals surface area contributed by atoms with Crippen LogP contribution in [0.25, 0.3) is 0 Å². The van der Waals surface area contributed by atoms with Gasteiger partial charge < -0.3 is 15.2 Å². The van der Waals surface area contributed by atoms with Gasteiger partial charge in [-0.25, -0.2) is 8.42 Å². The fourth-order valence-corrected chi connectivity index (χ4v) is 4.08. The van der Waals surface area contributed by atoms with E-state index in [1.807, 2.05) is 12.1 Å². The van der Waals surface area contributed by atoms with Crippen LogP contribution < -0.4 is 14.8 Å². The molecule has 3 N–H and O–H groups in total. The Morgan fingerprint density at radius 3 is 2.48 bits per heavy atom. The van der Waals surface area contributed by atoms with E-state index >= 15 is 0 Å². The van der Waals surface area contributed by atoms with Crippen molar-refractivity contribution in [3.05, 3.63) is 77.3 Å². The van der Waals surface area contributed by atoms with Gasteiger partial charge in [0.15, 0.2) is 0 Å². The predicted molar refractivity (Wildman–Crippen MR) is 120 cm³/mol. The van der Waals surface area contributed by atoms with Crippen molar-refractivity contribution in [2.24, 2.45) is 0 Å². The lowest BCUT2D eigenvalue weighted by molar-refractivity contribution is -0.116. The number of aryl methyl sites for hydroxylation is 1. The summed E-state index contributed by atoms with van der Waals surface area (Å²) in [6.07, 6.45) is 0.633. The molecule has 31 heavy (non-hydrogen) atoms. The zero-order valence-corrected chi connectivity index (χ0v) is 18.2. The molecule has 7 nitrogen and oxygen atoms in total. The van der Waals surface area contributed by atoms with Crippen molar-refractivity contribution in [3.63, 3.8) is 0 Å². The summed E-state index contributed by atoms with van der Waals surface area (Å²) in [4.78, 5) is 12.2. The van der Waals surface area contributed by atoms with Crippen LogP contribution in [0.4, 0.5) is 11.4 Å². The van der Waals surface area contributed by atoms with Crippen LogP contribution in [0.3, 0.4) is 0 Å². The van der Waals surface area contributed by atoms with Gasteiger partial charge in [0.2, 0.25) is 5.91 Å². The number of benzene rings is 3. The molecule has 3 aromatic rings. The number of ether oxygens (including phenoxy) is 1. The van der Waals surface area contributed by atoms with E-state index in [2.05, 4.69) is 10.0 Å². The normalized spacial score (nSPS) is 11.0. The van der Waals surface area contributed by atoms with Crippen molar-refractivity contribution in [2.75, 3.05) is 17.1 Å². The van der Waals surface area contributed by atoms with Gasteiger partial charge in [-0.05, 0) is 60.5 Å². The van der Waals surface area contributed by atoms with Crippen molar-refractivity contribution in [1.29, 1.82) is 0 Å². The monoisotopic (exact) mass is 460 g/mol. The lowest BCUT2D eigenvalue weighted by Crippen LogP contribution is -2.15. The van der Waals surface area contributed by atoms with Crippen LogP contribution in [0.5, 0.6) is 11.5 Å². The van der Waals surface area contributed by atoms with Gasteiger partial charge in [0.1, 0.15) is 11.5 Å². The second-order valence-electron chi connectivity index (χ2n) is 6.69. The third kappa shape index (κ3) is 6.13. The van der Waals surface area contributed by atoms with Crippen LogP contribution in [-0.4, -0.2) is 26.5 Å². The van der Waals surface area contributed by atoms with Crippen LogP contribution in [0, 0.1) is 0 Å². The van der Waals surface area contributed by atoms with Crippen LogP contribution in [0.2, 0.25) is 5.02 Å². The minimum atomic E-state index is -3.95. The van der Waals surface area contributed by atoms with Gasteiger partial charge in [0.25, 0.3) is 10.0 Å². The molecule has 0 saturated carbocycles. The summed E-state index contributed by atoms with van der Waals surface area (Å²) < 4.78 is 32.8. The number of amides is 1. The van der Waals surface area contributed by atoms with E-state index < -0.39 is 10.0 Å². The summed E-state index contributed by atoms with van der Waals surface area (Å²) in [6.45, 7) is 0. The second-order valence-corrected chi connectivity index (χ2v) is 8.81. The van der Waals surface area contributed by atoms with Gasteiger partial charge in [-0.2, -0.15) is 0 Å². The van der Waals surface area contributed by atoms with E-state index in [-0.39, 0.29) is 28.7 Å². The molecule has 0 bridgehead atoms. The highest BCUT2D eigenvalue weighted by molar-refractivity contribution is 7.92. The molecule has 162 valence electrons. The maximum absolute atomic E-state index is 12.7. The molecule has 1 amide bonds. The van der Waals surface area contributed by atoms with E-state index in [0.717, 1.165) is 11.3 Å². The number of phenols is 1. The zero-order valence-electron chi connectivity index (χ0n) is 16.6. The van der Waals surface area contributed by atoms with Crippen LogP contribution >= 0.6 is 11.6 Å². The first-order valence-corrected chi connectivity index (χ1v) is 11.2. The summed E-state index contributed by atoms with van der Waals surface area (Å²) in [7, 11) is -2.37. The molecule has 3 aromatic carbocycles. The number of nitrogens with one attached hydrogen (secondary N) is 2. The smallest absolute Gasteiger partial charge is 0.261 e. The lowest BCUT2D eigenvalue weighted by atomic mass is 10.1. The van der Waals surface area contributed by atoms with Crippen molar-refractivity contribution in [1.82, 2.24) is 0 Å². The molecule has 0 fully saturated rings. The highest BCUT2D eigenvalue weighted by Gasteiger charge is 2.17. The standard InChI is InChI=1S/C22H21ClN2O5S/c1-30-18-8-5-15(6-9-18)7-12-22(27)24-20-14-19(10-11-21(20)26)31(28,29)25-17-4-2-3-16(23)13-17/h2-6,8-11,13-14,25-26H,7,12H2,1H3,(H,24,27). The Labute approximate surface area is 185 Å². The van der Waals surface area contributed by atoms with Gasteiger partial charge in [-0.1, -0.05) is 29.8 Å². The summed E-state index contributed by atoms with van der Waals surface area (Å²) in [5, 5.41) is 13.0. The van der Waals surface area contributed by atoms with Gasteiger partial charge >= 0.3 is 0 Å². The molecule has 3 rings (SSSR count). The molecular weight excluding hydrogens is 440 g/mol. The minimum Gasteiger partial charge on any atom is -0.506 e. The van der Waals surface area contributed by atoms with E-state index in [1.165, 1.54) is 24.3 Å². The molecular formula is C22H21ClN2O5S. The van der Waals surface area contributed by atoms with Gasteiger partial charge in [-0.15, -0.1) is 0 Å². The quantitative estimate of drug-likeness (QED) is 0.431. The molecule has 0 radical (unpaired) electrons. The molecule has 0 aliphatic carbocycles. The average molecular weight is 461 g/mol. The first kappa shape index (κ1) is 22.5. The minimum absolute atomic E-state index is 0.00806. The van der Waals surface area contributed by atoms with Crippen molar-refractivity contribution < 1.29 is 23.1 Å². The summed E-state index contributed by atoms with van der Waals surface area (Å²) in [5.74, 6) is 0.130. The number of carbonyl (C=O) groups excluding carboxylic acids is 1. The van der Waals surface area contributed by atoms with Crippen LogP contribution in [0.15, 0.2) is 71.6 Å². The summed E-state index contributed by atoms with van der Waals surface area (Å²) in [6, 6.07) is 17.3. The van der Waals surface area contributed by atoms with Crippen molar-refractivity contribution >= 4 is 38.9 Å². The SMILES string of the molecule is COc1ccc(CCC(=O)Nc2cc(S(=O)(=O)Nc3cccc(Cl)c3)ccc2O)cc1. The fraction of sp³-hybridized carbons (Fsp3) is 0.136. The Hall–Kier alpha value is -3.23. The topological polar surface area (TPSA) is 105 Å². The number of sulfonamides is 1. The molecule has 9 heteroatoms. The first-order valence-electron chi connectivity index (χ1n) is 9.31. The highest BCUT2D eigenvalue weighted by Crippen LogP contribution is 2.28. The lowest BCUT2D eigenvalue weighted by Gasteiger charge is -2.12. The van der Waals surface area contributed by atoms with Gasteiger partial charge in [-0.3, -0.25) is 9.52 Å². The van der Waals surface area contributed by atoms with Crippen molar-refractivity contribution in [2.45, 2.75) is 17.7 Å². The predicted octanol–water partition coefficient (Wildman–Crippen LogP) is 4.43. The average Bonchev–Trinajstić information content (AvgIpc) is 2.74. The third-order valence-electron chi connectivity index (χ3n) is 4.43. The van der Waals surface area contributed by atoms with E-state index in [1.54, 1.807) is 37.4 Å². The number of aromatic hydroxyl groups is 1. The second kappa shape index (κ2) is 9.72. The van der Waals surface area contributed by atoms with E-state index in [4.69, 9.17) is 16.3 Å². The number of hydrogen-bond acceptors (Lipinski definition) is 5. The zero-order chi connectivity index (χ0) is 22.4. The summed E-state index contributed by atoms with van der Waals surface area (Å²) in [5.41, 5.74) is 1.25. The number of rotatable bonds is 8. The van der Waals surface area contributed by atoms with Crippen LogP contribution in [0.1, 0.15) is 12.0 Å². The van der Waals surface area contributed by atoms with Crippen molar-refractivity contribution in [3.8, 4) is 11.5 Å². The Kier molecular flexibility index (Phi) is 7.04. The Balaban J connectivity index is 1.68. The Morgan fingerprint density at radius 1 is 1.06 bits per heavy atom. The largest absolute Gasteiger partial charge is 0.506 e. The molecule has 0 aliphatic rings. The van der Waals surface area contributed by atoms with Crippen LogP contribution in [-0.2, 0) is 21.2 Å². The number of methoxy groups -OCH3 is 1. The number of halogens is 1. The Morgan fingerprint density at radius 2 is 1.81 bits per heavy atom. The number of anilines is 2. The molecule has 0 aromatic heterocycles. The highest BCUT2D eigenvalue weighted by atomic mass is 35.5. The number of hydrogen-bond donors (Lipinski definition) is 3. The summed E-state index contributed by atoms with van der Waals surface area (Å²) >= 11 is 5.89. The molecule has 0 unspecified atom stereocenters. The van der Waals surface area contributed by atoms with E-state index in [0.29, 0.717) is 17.1 Å². The van der Waals surface area contributed by atoms with Gasteiger partial charge in [0, 0.05) is 11.4 Å². The molecule has 0 heterocycles. The maximum atomic E-state index is 12.7. The fourth-order valence-electron chi connectivity index (χ4n) is 2.81. The molecule has 0 aliphatic heterocycles. The molecule has 0 spiro atoms. The first-order chi connectivity index (χ1) is 14.8. The number of carbonyl (C=O) groups is 1. The molecule has 0 saturated heterocycles. The molecule has 0 atom stereocenters. The van der Waals surface area contributed by atoms with Gasteiger partial charge in [0.05, 0.1) is 23.4 Å². The Bertz CT molecular complexity index is 1180. The van der Waals surface area contributed by atoms with E-state index in [9.17, 15) is 18.3 Å². The number of phenolic OH excluding ortho intramolecular Hbond substituents is 1. The maximum Gasteiger partial charge on any atom is 0.261 e.